The van der Waals surface area contributed by atoms with Crippen LogP contribution in [0, 0.1) is 0 Å². The topological polar surface area (TPSA) is 89.5 Å². The molecule has 0 saturated carbocycles. The van der Waals surface area contributed by atoms with Gasteiger partial charge in [0.05, 0.1) is 17.1 Å². The summed E-state index contributed by atoms with van der Waals surface area (Å²) in [6.07, 6.45) is 0.228. The van der Waals surface area contributed by atoms with E-state index in [0.717, 1.165) is 10.0 Å². The number of hydrogen-bond acceptors (Lipinski definition) is 5. The highest BCUT2D eigenvalue weighted by molar-refractivity contribution is 9.10. The van der Waals surface area contributed by atoms with Crippen molar-refractivity contribution in [3.8, 4) is 0 Å². The van der Waals surface area contributed by atoms with Crippen LogP contribution >= 0.6 is 15.9 Å². The molecular formula is C13H20BrNO5S2. The van der Waals surface area contributed by atoms with E-state index in [1.165, 1.54) is 7.11 Å². The Bertz CT molecular complexity index is 696. The van der Waals surface area contributed by atoms with Crippen molar-refractivity contribution in [2.75, 3.05) is 18.6 Å². The minimum Gasteiger partial charge on any atom is -0.378 e. The maximum absolute atomic E-state index is 11.9. The molecular weight excluding hydrogens is 394 g/mol. The van der Waals surface area contributed by atoms with Gasteiger partial charge in [0.1, 0.15) is 0 Å². The summed E-state index contributed by atoms with van der Waals surface area (Å²) in [6.45, 7) is 3.14. The van der Waals surface area contributed by atoms with E-state index in [2.05, 4.69) is 15.9 Å². The van der Waals surface area contributed by atoms with Crippen molar-refractivity contribution < 1.29 is 21.6 Å². The third kappa shape index (κ3) is 7.19. The standard InChI is InChI=1S/C13H20BrNO5S2/c1-13(2,20-3)10-22(18,19)15-21(16,17)9-8-11-4-6-12(14)7-5-11/h4-7,15H,8-10H2,1-3H3. The monoisotopic (exact) mass is 413 g/mol. The fraction of sp³-hybridized carbons (Fsp3) is 0.538. The number of aryl methyl sites for hydroxylation is 1. The first-order valence-corrected chi connectivity index (χ1v) is 10.6. The second-order valence-electron chi connectivity index (χ2n) is 5.50. The second-order valence-corrected chi connectivity index (χ2v) is 10.2. The number of nitrogens with one attached hydrogen (secondary N) is 1. The molecule has 126 valence electrons. The predicted molar refractivity (Wildman–Crippen MR) is 89.6 cm³/mol. The van der Waals surface area contributed by atoms with Crippen LogP contribution < -0.4 is 4.13 Å². The minimum absolute atomic E-state index is 0.228. The molecule has 0 spiro atoms. The smallest absolute Gasteiger partial charge is 0.227 e. The Labute approximate surface area is 140 Å². The molecule has 22 heavy (non-hydrogen) atoms. The SMILES string of the molecule is COC(C)(C)CS(=O)(=O)NS(=O)(=O)CCc1ccc(Br)cc1. The summed E-state index contributed by atoms with van der Waals surface area (Å²) in [6, 6.07) is 7.16. The van der Waals surface area contributed by atoms with E-state index in [1.54, 1.807) is 42.2 Å². The lowest BCUT2D eigenvalue weighted by molar-refractivity contribution is 0.0425. The van der Waals surface area contributed by atoms with Gasteiger partial charge in [0.15, 0.2) is 0 Å². The average molecular weight is 414 g/mol. The quantitative estimate of drug-likeness (QED) is 0.699. The number of sulfonamides is 2. The summed E-state index contributed by atoms with van der Waals surface area (Å²) in [5.41, 5.74) is -0.157. The molecule has 0 aromatic heterocycles. The van der Waals surface area contributed by atoms with Gasteiger partial charge in [-0.2, -0.15) is 0 Å². The third-order valence-corrected chi connectivity index (χ3v) is 7.29. The predicted octanol–water partition coefficient (Wildman–Crippen LogP) is 1.67. The van der Waals surface area contributed by atoms with Gasteiger partial charge in [0, 0.05) is 11.6 Å². The molecule has 0 bridgehead atoms. The molecule has 0 aliphatic carbocycles. The average Bonchev–Trinajstić information content (AvgIpc) is 2.35. The van der Waals surface area contributed by atoms with Crippen LogP contribution in [0.3, 0.4) is 0 Å². The number of halogens is 1. The molecule has 1 aromatic carbocycles. The van der Waals surface area contributed by atoms with Crippen LogP contribution in [0.5, 0.6) is 0 Å². The maximum Gasteiger partial charge on any atom is 0.227 e. The van der Waals surface area contributed by atoms with Gasteiger partial charge in [0.2, 0.25) is 20.0 Å². The van der Waals surface area contributed by atoms with E-state index in [1.807, 2.05) is 0 Å². The van der Waals surface area contributed by atoms with Crippen LogP contribution in [0.2, 0.25) is 0 Å². The lowest BCUT2D eigenvalue weighted by atomic mass is 10.2. The van der Waals surface area contributed by atoms with Crippen molar-refractivity contribution in [2.45, 2.75) is 25.9 Å². The van der Waals surface area contributed by atoms with Crippen LogP contribution in [-0.2, 0) is 31.2 Å². The zero-order chi connectivity index (χ0) is 17.0. The van der Waals surface area contributed by atoms with E-state index in [4.69, 9.17) is 4.74 Å². The molecule has 1 N–H and O–H groups in total. The van der Waals surface area contributed by atoms with E-state index < -0.39 is 31.4 Å². The fourth-order valence-electron chi connectivity index (χ4n) is 1.68. The van der Waals surface area contributed by atoms with Crippen molar-refractivity contribution in [2.24, 2.45) is 0 Å². The van der Waals surface area contributed by atoms with Crippen molar-refractivity contribution in [3.05, 3.63) is 34.3 Å². The van der Waals surface area contributed by atoms with Crippen LogP contribution in [0.1, 0.15) is 19.4 Å². The molecule has 0 saturated heterocycles. The highest BCUT2D eigenvalue weighted by Gasteiger charge is 2.29. The first kappa shape index (κ1) is 19.6. The van der Waals surface area contributed by atoms with Crippen molar-refractivity contribution in [1.29, 1.82) is 0 Å². The largest absolute Gasteiger partial charge is 0.378 e. The Hall–Kier alpha value is -0.480. The highest BCUT2D eigenvalue weighted by atomic mass is 79.9. The van der Waals surface area contributed by atoms with Crippen LogP contribution in [0.4, 0.5) is 0 Å². The number of hydrogen-bond donors (Lipinski definition) is 1. The summed E-state index contributed by atoms with van der Waals surface area (Å²) >= 11 is 3.29. The molecule has 1 aromatic rings. The Kier molecular flexibility index (Phi) is 6.58. The van der Waals surface area contributed by atoms with Gasteiger partial charge in [-0.1, -0.05) is 28.1 Å². The van der Waals surface area contributed by atoms with Gasteiger partial charge in [-0.3, -0.25) is 0 Å². The number of rotatable bonds is 8. The van der Waals surface area contributed by atoms with Gasteiger partial charge in [-0.05, 0) is 38.0 Å². The van der Waals surface area contributed by atoms with E-state index in [9.17, 15) is 16.8 Å². The summed E-state index contributed by atoms with van der Waals surface area (Å²) in [5.74, 6) is -0.741. The molecule has 0 aliphatic heterocycles. The Morgan fingerprint density at radius 1 is 1.09 bits per heavy atom. The van der Waals surface area contributed by atoms with Gasteiger partial charge >= 0.3 is 0 Å². The minimum atomic E-state index is -3.99. The van der Waals surface area contributed by atoms with Crippen LogP contribution in [-0.4, -0.2) is 41.1 Å². The van der Waals surface area contributed by atoms with Gasteiger partial charge < -0.3 is 4.74 Å². The zero-order valence-corrected chi connectivity index (χ0v) is 15.9. The normalized spacial score (nSPS) is 13.3. The summed E-state index contributed by atoms with van der Waals surface area (Å²) in [4.78, 5) is 0. The molecule has 0 aliphatic rings. The first-order valence-electron chi connectivity index (χ1n) is 6.48. The molecule has 9 heteroatoms. The molecule has 0 atom stereocenters. The van der Waals surface area contributed by atoms with Gasteiger partial charge in [-0.15, -0.1) is 4.13 Å². The molecule has 6 nitrogen and oxygen atoms in total. The lowest BCUT2D eigenvalue weighted by Crippen LogP contribution is -2.42. The second kappa shape index (κ2) is 7.39. The van der Waals surface area contributed by atoms with E-state index in [0.29, 0.717) is 0 Å². The van der Waals surface area contributed by atoms with Gasteiger partial charge in [0.25, 0.3) is 0 Å². The zero-order valence-electron chi connectivity index (χ0n) is 12.7. The Morgan fingerprint density at radius 3 is 2.14 bits per heavy atom. The van der Waals surface area contributed by atoms with E-state index in [-0.39, 0.29) is 12.2 Å². The molecule has 0 heterocycles. The maximum atomic E-state index is 11.9. The van der Waals surface area contributed by atoms with Crippen molar-refractivity contribution in [1.82, 2.24) is 4.13 Å². The molecule has 0 unspecified atom stereocenters. The lowest BCUT2D eigenvalue weighted by Gasteiger charge is -2.22. The van der Waals surface area contributed by atoms with Crippen molar-refractivity contribution >= 4 is 36.0 Å². The highest BCUT2D eigenvalue weighted by Crippen LogP contribution is 2.13. The molecule has 0 fully saturated rings. The van der Waals surface area contributed by atoms with Crippen LogP contribution in [0.15, 0.2) is 28.7 Å². The van der Waals surface area contributed by atoms with Gasteiger partial charge in [-0.25, -0.2) is 16.8 Å². The third-order valence-electron chi connectivity index (χ3n) is 2.92. The number of methoxy groups -OCH3 is 1. The molecule has 0 amide bonds. The summed E-state index contributed by atoms with van der Waals surface area (Å²) < 4.78 is 55.3. The molecule has 1 rings (SSSR count). The number of benzene rings is 1. The summed E-state index contributed by atoms with van der Waals surface area (Å²) in [5, 5.41) is 0. The fourth-order valence-corrected chi connectivity index (χ4v) is 5.60. The summed E-state index contributed by atoms with van der Waals surface area (Å²) in [7, 11) is -6.55. The molecule has 0 radical (unpaired) electrons. The van der Waals surface area contributed by atoms with Crippen molar-refractivity contribution in [3.63, 3.8) is 0 Å². The first-order chi connectivity index (χ1) is 9.95. The number of ether oxygens (including phenoxy) is 1. The Balaban J connectivity index is 2.69. The van der Waals surface area contributed by atoms with E-state index >= 15 is 0 Å². The van der Waals surface area contributed by atoms with Crippen LogP contribution in [0.25, 0.3) is 0 Å². The Morgan fingerprint density at radius 2 is 1.64 bits per heavy atom.